The molecule has 0 radical (unpaired) electrons. The number of carbonyl (C=O) groups is 1. The van der Waals surface area contributed by atoms with E-state index in [9.17, 15) is 28.1 Å². The quantitative estimate of drug-likeness (QED) is 0.556. The number of benzene rings is 2. The van der Waals surface area contributed by atoms with Gasteiger partial charge >= 0.3 is 6.61 Å². The zero-order valence-electron chi connectivity index (χ0n) is 15.3. The molecular weight excluding hydrogens is 391 g/mol. The summed E-state index contributed by atoms with van der Waals surface area (Å²) in [5.74, 6) is -1.36. The molecule has 2 aromatic carbocycles. The molecule has 0 unspecified atom stereocenters. The molecule has 0 atom stereocenters. The van der Waals surface area contributed by atoms with E-state index >= 15 is 0 Å². The van der Waals surface area contributed by atoms with Gasteiger partial charge in [-0.1, -0.05) is 12.1 Å². The lowest BCUT2D eigenvalue weighted by atomic mass is 10.2. The van der Waals surface area contributed by atoms with E-state index in [0.717, 1.165) is 6.07 Å². The van der Waals surface area contributed by atoms with E-state index in [4.69, 9.17) is 0 Å². The maximum atomic E-state index is 13.9. The van der Waals surface area contributed by atoms with Crippen LogP contribution in [0, 0.1) is 15.9 Å². The second-order valence-electron chi connectivity index (χ2n) is 6.40. The van der Waals surface area contributed by atoms with Crippen LogP contribution in [0.25, 0.3) is 0 Å². The summed E-state index contributed by atoms with van der Waals surface area (Å²) < 4.78 is 43.9. The molecule has 0 bridgehead atoms. The predicted molar refractivity (Wildman–Crippen MR) is 98.9 cm³/mol. The number of nitrogens with zero attached hydrogens (tertiary/aromatic N) is 3. The van der Waals surface area contributed by atoms with Crippen molar-refractivity contribution < 1.29 is 27.6 Å². The molecule has 2 aromatic rings. The zero-order valence-corrected chi connectivity index (χ0v) is 15.3. The van der Waals surface area contributed by atoms with E-state index in [1.165, 1.54) is 35.2 Å². The molecule has 29 heavy (non-hydrogen) atoms. The first kappa shape index (κ1) is 20.4. The van der Waals surface area contributed by atoms with Gasteiger partial charge in [-0.3, -0.25) is 14.9 Å². The number of halogens is 3. The number of rotatable bonds is 5. The highest BCUT2D eigenvalue weighted by Gasteiger charge is 2.25. The summed E-state index contributed by atoms with van der Waals surface area (Å²) in [6.45, 7) is -1.85. The molecule has 0 aliphatic carbocycles. The van der Waals surface area contributed by atoms with E-state index in [2.05, 4.69) is 4.74 Å². The van der Waals surface area contributed by atoms with Gasteiger partial charge in [0.1, 0.15) is 5.82 Å². The monoisotopic (exact) mass is 409 g/mol. The standard InChI is InChI=1S/C19H18F3N3O4/c20-15-5-2-1-4-14(15)18(26)24-9-3-8-23(10-11-24)16-7-6-13(25(27)28)12-17(16)29-19(21)22/h1-2,4-7,12,19H,3,8-11H2. The van der Waals surface area contributed by atoms with Crippen molar-refractivity contribution in [2.45, 2.75) is 13.0 Å². The van der Waals surface area contributed by atoms with Crippen molar-refractivity contribution in [2.75, 3.05) is 31.1 Å². The fourth-order valence-electron chi connectivity index (χ4n) is 3.23. The Morgan fingerprint density at radius 1 is 1.10 bits per heavy atom. The van der Waals surface area contributed by atoms with Crippen LogP contribution in [-0.2, 0) is 0 Å². The summed E-state index contributed by atoms with van der Waals surface area (Å²) in [5, 5.41) is 10.9. The number of non-ortho nitro benzene ring substituents is 1. The van der Waals surface area contributed by atoms with Crippen molar-refractivity contribution in [3.05, 3.63) is 64.0 Å². The number of hydrogen-bond donors (Lipinski definition) is 0. The van der Waals surface area contributed by atoms with Crippen molar-refractivity contribution in [1.82, 2.24) is 4.90 Å². The summed E-state index contributed by atoms with van der Waals surface area (Å²) in [6, 6.07) is 9.20. The molecule has 1 aliphatic heterocycles. The molecule has 1 aliphatic rings. The third-order valence-electron chi connectivity index (χ3n) is 4.60. The Hall–Kier alpha value is -3.30. The van der Waals surface area contributed by atoms with Crippen LogP contribution in [0.5, 0.6) is 5.75 Å². The number of ether oxygens (including phenoxy) is 1. The van der Waals surface area contributed by atoms with Gasteiger partial charge in [-0.2, -0.15) is 8.78 Å². The fraction of sp³-hybridized carbons (Fsp3) is 0.316. The minimum absolute atomic E-state index is 0.0296. The Labute approximate surface area is 164 Å². The number of nitro benzene ring substituents is 1. The molecule has 0 spiro atoms. The number of nitro groups is 1. The highest BCUT2D eigenvalue weighted by atomic mass is 19.3. The SMILES string of the molecule is O=C(c1ccccc1F)N1CCCN(c2ccc([N+](=O)[O-])cc2OC(F)F)CC1. The number of carbonyl (C=O) groups excluding carboxylic acids is 1. The number of hydrogen-bond acceptors (Lipinski definition) is 5. The van der Waals surface area contributed by atoms with Crippen LogP contribution in [0.4, 0.5) is 24.5 Å². The molecule has 1 heterocycles. The van der Waals surface area contributed by atoms with E-state index in [-0.39, 0.29) is 35.8 Å². The molecule has 3 rings (SSSR count). The molecule has 0 saturated carbocycles. The van der Waals surface area contributed by atoms with E-state index < -0.39 is 23.3 Å². The zero-order chi connectivity index (χ0) is 21.0. The Bertz CT molecular complexity index is 910. The van der Waals surface area contributed by atoms with Gasteiger partial charge in [-0.25, -0.2) is 4.39 Å². The van der Waals surface area contributed by atoms with Crippen LogP contribution < -0.4 is 9.64 Å². The average molecular weight is 409 g/mol. The van der Waals surface area contributed by atoms with Crippen LogP contribution in [0.1, 0.15) is 16.8 Å². The maximum absolute atomic E-state index is 13.9. The van der Waals surface area contributed by atoms with Crippen molar-refractivity contribution in [3.8, 4) is 5.75 Å². The van der Waals surface area contributed by atoms with Crippen LogP contribution in [0.15, 0.2) is 42.5 Å². The minimum Gasteiger partial charge on any atom is -0.432 e. The molecule has 0 aromatic heterocycles. The Morgan fingerprint density at radius 2 is 1.86 bits per heavy atom. The van der Waals surface area contributed by atoms with E-state index in [1.54, 1.807) is 11.0 Å². The highest BCUT2D eigenvalue weighted by Crippen LogP contribution is 2.34. The third kappa shape index (κ3) is 4.76. The first-order valence-corrected chi connectivity index (χ1v) is 8.89. The largest absolute Gasteiger partial charge is 0.432 e. The molecule has 7 nitrogen and oxygen atoms in total. The smallest absolute Gasteiger partial charge is 0.387 e. The van der Waals surface area contributed by atoms with Gasteiger partial charge < -0.3 is 14.5 Å². The molecule has 1 saturated heterocycles. The predicted octanol–water partition coefficient (Wildman–Crippen LogP) is 3.69. The third-order valence-corrected chi connectivity index (χ3v) is 4.60. The summed E-state index contributed by atoms with van der Waals surface area (Å²) >= 11 is 0. The molecular formula is C19H18F3N3O4. The second-order valence-corrected chi connectivity index (χ2v) is 6.40. The Kier molecular flexibility index (Phi) is 6.20. The molecule has 1 fully saturated rings. The van der Waals surface area contributed by atoms with Crippen molar-refractivity contribution >= 4 is 17.3 Å². The first-order chi connectivity index (χ1) is 13.9. The minimum atomic E-state index is -3.14. The number of amides is 1. The van der Waals surface area contributed by atoms with Gasteiger partial charge in [-0.15, -0.1) is 0 Å². The van der Waals surface area contributed by atoms with Gasteiger partial charge in [0, 0.05) is 32.2 Å². The normalized spacial score (nSPS) is 14.6. The first-order valence-electron chi connectivity index (χ1n) is 8.89. The Morgan fingerprint density at radius 3 is 2.55 bits per heavy atom. The second kappa shape index (κ2) is 8.80. The summed E-state index contributed by atoms with van der Waals surface area (Å²) in [4.78, 5) is 26.1. The summed E-state index contributed by atoms with van der Waals surface area (Å²) in [6.07, 6.45) is 0.505. The fourth-order valence-corrected chi connectivity index (χ4v) is 3.23. The lowest BCUT2D eigenvalue weighted by molar-refractivity contribution is -0.385. The van der Waals surface area contributed by atoms with Crippen molar-refractivity contribution in [3.63, 3.8) is 0 Å². The molecule has 154 valence electrons. The van der Waals surface area contributed by atoms with E-state index in [1.807, 2.05) is 0 Å². The van der Waals surface area contributed by atoms with Gasteiger partial charge in [0.2, 0.25) is 0 Å². The van der Waals surface area contributed by atoms with E-state index in [0.29, 0.717) is 19.5 Å². The molecule has 1 amide bonds. The lowest BCUT2D eigenvalue weighted by Crippen LogP contribution is -2.35. The van der Waals surface area contributed by atoms with Crippen molar-refractivity contribution in [1.29, 1.82) is 0 Å². The van der Waals surface area contributed by atoms with Crippen molar-refractivity contribution in [2.24, 2.45) is 0 Å². The highest BCUT2D eigenvalue weighted by molar-refractivity contribution is 5.94. The lowest BCUT2D eigenvalue weighted by Gasteiger charge is -2.25. The number of anilines is 1. The van der Waals surface area contributed by atoms with Crippen LogP contribution in [0.2, 0.25) is 0 Å². The summed E-state index contributed by atoms with van der Waals surface area (Å²) in [7, 11) is 0. The summed E-state index contributed by atoms with van der Waals surface area (Å²) in [5.41, 5.74) is -0.121. The molecule has 10 heteroatoms. The van der Waals surface area contributed by atoms with Crippen LogP contribution in [-0.4, -0.2) is 48.5 Å². The topological polar surface area (TPSA) is 75.9 Å². The Balaban J connectivity index is 1.79. The van der Waals surface area contributed by atoms with Crippen LogP contribution >= 0.6 is 0 Å². The average Bonchev–Trinajstić information content (AvgIpc) is 2.93. The van der Waals surface area contributed by atoms with Gasteiger partial charge in [0.05, 0.1) is 22.2 Å². The number of alkyl halides is 2. The van der Waals surface area contributed by atoms with Gasteiger partial charge in [0.15, 0.2) is 5.75 Å². The van der Waals surface area contributed by atoms with Crippen LogP contribution in [0.3, 0.4) is 0 Å². The van der Waals surface area contributed by atoms with Gasteiger partial charge in [0.25, 0.3) is 11.6 Å². The maximum Gasteiger partial charge on any atom is 0.387 e. The molecule has 0 N–H and O–H groups in total. The van der Waals surface area contributed by atoms with Gasteiger partial charge in [-0.05, 0) is 24.6 Å².